The molecule has 0 unspecified atom stereocenters. The van der Waals surface area contributed by atoms with E-state index >= 15 is 0 Å². The van der Waals surface area contributed by atoms with Crippen LogP contribution in [0.2, 0.25) is 0 Å². The molecule has 1 aromatic heterocycles. The number of hydrogen-bond donors (Lipinski definition) is 2. The number of hydrogen-bond acceptors (Lipinski definition) is 6. The predicted molar refractivity (Wildman–Crippen MR) is 114 cm³/mol. The van der Waals surface area contributed by atoms with Gasteiger partial charge in [-0.15, -0.1) is 10.2 Å². The summed E-state index contributed by atoms with van der Waals surface area (Å²) in [7, 11) is 0. The molecule has 3 rings (SSSR count). The third kappa shape index (κ3) is 5.39. The van der Waals surface area contributed by atoms with Crippen LogP contribution < -0.4 is 10.6 Å². The number of halogens is 1. The maximum atomic E-state index is 13.7. The van der Waals surface area contributed by atoms with Crippen LogP contribution in [0.3, 0.4) is 0 Å². The molecule has 9 heteroatoms. The maximum Gasteiger partial charge on any atom is 0.260 e. The van der Waals surface area contributed by atoms with Crippen molar-refractivity contribution in [3.05, 3.63) is 65.0 Å². The molecule has 3 aromatic rings. The van der Waals surface area contributed by atoms with Crippen LogP contribution in [0.4, 0.5) is 15.2 Å². The van der Waals surface area contributed by atoms with E-state index in [1.807, 2.05) is 32.0 Å². The van der Waals surface area contributed by atoms with Crippen molar-refractivity contribution in [3.63, 3.8) is 0 Å². The maximum absolute atomic E-state index is 13.7. The molecule has 29 heavy (non-hydrogen) atoms. The fraction of sp³-hybridized carbons (Fsp3) is 0.200. The average Bonchev–Trinajstić information content (AvgIpc) is 3.15. The standard InChI is InChI=1S/C20H19FN4O2S2/c1-3-13-8-6-7-12(2)17(13)22-16(26)11-28-20-25-24-19(29-20)23-18(27)14-9-4-5-10-15(14)21/h4-10H,3,11H2,1-2H3,(H,22,26)(H,23,24,27). The summed E-state index contributed by atoms with van der Waals surface area (Å²) in [5, 5.41) is 13.6. The molecular formula is C20H19FN4O2S2. The molecule has 0 aliphatic heterocycles. The smallest absolute Gasteiger partial charge is 0.260 e. The van der Waals surface area contributed by atoms with Gasteiger partial charge in [-0.25, -0.2) is 4.39 Å². The zero-order chi connectivity index (χ0) is 20.8. The Morgan fingerprint density at radius 1 is 1.10 bits per heavy atom. The molecule has 0 fully saturated rings. The molecule has 6 nitrogen and oxygen atoms in total. The molecule has 0 bridgehead atoms. The third-order valence-electron chi connectivity index (χ3n) is 4.08. The number of thioether (sulfide) groups is 1. The van der Waals surface area contributed by atoms with E-state index in [0.717, 1.165) is 34.6 Å². The summed E-state index contributed by atoms with van der Waals surface area (Å²) in [6.07, 6.45) is 0.825. The van der Waals surface area contributed by atoms with Gasteiger partial charge in [0.25, 0.3) is 5.91 Å². The summed E-state index contributed by atoms with van der Waals surface area (Å²) in [6, 6.07) is 11.6. The second kappa shape index (κ2) is 9.62. The first kappa shape index (κ1) is 20.9. The highest BCUT2D eigenvalue weighted by Crippen LogP contribution is 2.27. The molecular weight excluding hydrogens is 411 g/mol. The monoisotopic (exact) mass is 430 g/mol. The van der Waals surface area contributed by atoms with Gasteiger partial charge in [-0.1, -0.05) is 60.4 Å². The minimum Gasteiger partial charge on any atom is -0.325 e. The van der Waals surface area contributed by atoms with Crippen LogP contribution in [0.1, 0.15) is 28.4 Å². The van der Waals surface area contributed by atoms with Gasteiger partial charge in [0, 0.05) is 5.69 Å². The van der Waals surface area contributed by atoms with Gasteiger partial charge >= 0.3 is 0 Å². The van der Waals surface area contributed by atoms with Gasteiger partial charge in [0.1, 0.15) is 5.82 Å². The Kier molecular flexibility index (Phi) is 6.95. The Balaban J connectivity index is 1.56. The average molecular weight is 431 g/mol. The molecule has 0 atom stereocenters. The van der Waals surface area contributed by atoms with Crippen LogP contribution in [0.15, 0.2) is 46.8 Å². The van der Waals surface area contributed by atoms with Crippen molar-refractivity contribution in [1.82, 2.24) is 10.2 Å². The molecule has 0 saturated heterocycles. The number of benzene rings is 2. The van der Waals surface area contributed by atoms with Crippen LogP contribution in [0.5, 0.6) is 0 Å². The van der Waals surface area contributed by atoms with E-state index in [0.29, 0.717) is 4.34 Å². The van der Waals surface area contributed by atoms with Crippen molar-refractivity contribution in [2.24, 2.45) is 0 Å². The number of nitrogens with zero attached hydrogens (tertiary/aromatic N) is 2. The lowest BCUT2D eigenvalue weighted by atomic mass is 10.1. The van der Waals surface area contributed by atoms with E-state index in [4.69, 9.17) is 0 Å². The second-order valence-corrected chi connectivity index (χ2v) is 8.31. The first-order chi connectivity index (χ1) is 14.0. The number of aromatic nitrogens is 2. The van der Waals surface area contributed by atoms with Crippen molar-refractivity contribution >= 4 is 45.7 Å². The van der Waals surface area contributed by atoms with Crippen molar-refractivity contribution in [2.45, 2.75) is 24.6 Å². The van der Waals surface area contributed by atoms with Crippen LogP contribution in [0, 0.1) is 12.7 Å². The minimum absolute atomic E-state index is 0.0683. The number of rotatable bonds is 7. The highest BCUT2D eigenvalue weighted by atomic mass is 32.2. The number of aryl methyl sites for hydroxylation is 2. The Morgan fingerprint density at radius 3 is 2.66 bits per heavy atom. The molecule has 2 N–H and O–H groups in total. The Hall–Kier alpha value is -2.78. The van der Waals surface area contributed by atoms with Crippen molar-refractivity contribution in [3.8, 4) is 0 Å². The first-order valence-electron chi connectivity index (χ1n) is 8.88. The molecule has 0 saturated carbocycles. The number of nitrogens with one attached hydrogen (secondary N) is 2. The van der Waals surface area contributed by atoms with E-state index in [-0.39, 0.29) is 22.4 Å². The van der Waals surface area contributed by atoms with Gasteiger partial charge in [0.15, 0.2) is 4.34 Å². The van der Waals surface area contributed by atoms with E-state index in [1.54, 1.807) is 6.07 Å². The molecule has 2 amide bonds. The normalized spacial score (nSPS) is 10.6. The van der Waals surface area contributed by atoms with Crippen molar-refractivity contribution in [1.29, 1.82) is 0 Å². The predicted octanol–water partition coefficient (Wildman–Crippen LogP) is 4.53. The highest BCUT2D eigenvalue weighted by molar-refractivity contribution is 8.01. The van der Waals surface area contributed by atoms with E-state index in [1.165, 1.54) is 30.0 Å². The van der Waals surface area contributed by atoms with Gasteiger partial charge in [-0.05, 0) is 36.6 Å². The van der Waals surface area contributed by atoms with E-state index in [9.17, 15) is 14.0 Å². The zero-order valence-electron chi connectivity index (χ0n) is 15.9. The molecule has 0 spiro atoms. The number of carbonyl (C=O) groups is 2. The zero-order valence-corrected chi connectivity index (χ0v) is 17.5. The van der Waals surface area contributed by atoms with Crippen molar-refractivity contribution in [2.75, 3.05) is 16.4 Å². The lowest BCUT2D eigenvalue weighted by Crippen LogP contribution is -2.16. The summed E-state index contributed by atoms with van der Waals surface area (Å²) in [6.45, 7) is 3.99. The van der Waals surface area contributed by atoms with Gasteiger partial charge < -0.3 is 5.32 Å². The van der Waals surface area contributed by atoms with Crippen LogP contribution in [-0.4, -0.2) is 27.8 Å². The topological polar surface area (TPSA) is 84.0 Å². The fourth-order valence-electron chi connectivity index (χ4n) is 2.63. The number of anilines is 2. The molecule has 0 radical (unpaired) electrons. The summed E-state index contributed by atoms with van der Waals surface area (Å²) < 4.78 is 14.2. The number of carbonyl (C=O) groups excluding carboxylic acids is 2. The summed E-state index contributed by atoms with van der Waals surface area (Å²) >= 11 is 2.35. The number of para-hydroxylation sites is 1. The summed E-state index contributed by atoms with van der Waals surface area (Å²) in [5.41, 5.74) is 2.87. The lowest BCUT2D eigenvalue weighted by Gasteiger charge is -2.12. The fourth-order valence-corrected chi connectivity index (χ4v) is 4.18. The molecule has 2 aromatic carbocycles. The summed E-state index contributed by atoms with van der Waals surface area (Å²) in [5.74, 6) is -1.19. The molecule has 0 aliphatic carbocycles. The largest absolute Gasteiger partial charge is 0.325 e. The Labute approximate surface area is 175 Å². The summed E-state index contributed by atoms with van der Waals surface area (Å²) in [4.78, 5) is 24.4. The van der Waals surface area contributed by atoms with Gasteiger partial charge in [-0.3, -0.25) is 14.9 Å². The lowest BCUT2D eigenvalue weighted by molar-refractivity contribution is -0.113. The van der Waals surface area contributed by atoms with Crippen LogP contribution >= 0.6 is 23.1 Å². The van der Waals surface area contributed by atoms with Gasteiger partial charge in [0.05, 0.1) is 11.3 Å². The molecule has 1 heterocycles. The minimum atomic E-state index is -0.608. The van der Waals surface area contributed by atoms with Crippen LogP contribution in [0.25, 0.3) is 0 Å². The molecule has 0 aliphatic rings. The number of amides is 2. The SMILES string of the molecule is CCc1cccc(C)c1NC(=O)CSc1nnc(NC(=O)c2ccccc2F)s1. The quantitative estimate of drug-likeness (QED) is 0.425. The Morgan fingerprint density at radius 2 is 1.90 bits per heavy atom. The highest BCUT2D eigenvalue weighted by Gasteiger charge is 2.15. The van der Waals surface area contributed by atoms with Crippen LogP contribution in [-0.2, 0) is 11.2 Å². The van der Waals surface area contributed by atoms with Crippen molar-refractivity contribution < 1.29 is 14.0 Å². The Bertz CT molecular complexity index is 1040. The third-order valence-corrected chi connectivity index (χ3v) is 6.05. The molecule has 150 valence electrons. The second-order valence-electron chi connectivity index (χ2n) is 6.11. The van der Waals surface area contributed by atoms with E-state index < -0.39 is 11.7 Å². The van der Waals surface area contributed by atoms with E-state index in [2.05, 4.69) is 20.8 Å². The van der Waals surface area contributed by atoms with Gasteiger partial charge in [0.2, 0.25) is 11.0 Å². The van der Waals surface area contributed by atoms with Gasteiger partial charge in [-0.2, -0.15) is 0 Å². The first-order valence-corrected chi connectivity index (χ1v) is 10.7.